The molecule has 27 heavy (non-hydrogen) atoms. The average Bonchev–Trinajstić information content (AvgIpc) is 2.68. The summed E-state index contributed by atoms with van der Waals surface area (Å²) in [7, 11) is 0. The standard InChI is InChI=1S/C22H25FN2O2/c1-14-19(22(27)25-12-5-2-6-13-25)20(15-8-3-4-9-16(15)23)21-17(24-14)10-7-11-18(21)26/h3-4,8-10,20-21,24H,2,5-7,11-13H2,1H3. The molecule has 1 aliphatic carbocycles. The van der Waals surface area contributed by atoms with Gasteiger partial charge in [-0.15, -0.1) is 0 Å². The first kappa shape index (κ1) is 18.0. The summed E-state index contributed by atoms with van der Waals surface area (Å²) in [6, 6.07) is 6.53. The van der Waals surface area contributed by atoms with Gasteiger partial charge in [-0.2, -0.15) is 0 Å². The van der Waals surface area contributed by atoms with Gasteiger partial charge in [-0.3, -0.25) is 9.59 Å². The predicted molar refractivity (Wildman–Crippen MR) is 101 cm³/mol. The Balaban J connectivity index is 1.84. The molecule has 4 rings (SSSR count). The maximum atomic E-state index is 14.8. The summed E-state index contributed by atoms with van der Waals surface area (Å²) < 4.78 is 14.8. The quantitative estimate of drug-likeness (QED) is 0.867. The highest BCUT2D eigenvalue weighted by molar-refractivity contribution is 5.99. The molecule has 1 aromatic rings. The molecule has 1 saturated heterocycles. The summed E-state index contributed by atoms with van der Waals surface area (Å²) in [4.78, 5) is 28.1. The van der Waals surface area contributed by atoms with E-state index >= 15 is 0 Å². The highest BCUT2D eigenvalue weighted by Crippen LogP contribution is 2.44. The van der Waals surface area contributed by atoms with Gasteiger partial charge in [0.25, 0.3) is 5.91 Å². The number of halogens is 1. The van der Waals surface area contributed by atoms with E-state index < -0.39 is 11.8 Å². The van der Waals surface area contributed by atoms with Crippen LogP contribution in [0.4, 0.5) is 4.39 Å². The van der Waals surface area contributed by atoms with Crippen LogP contribution in [-0.2, 0) is 9.59 Å². The van der Waals surface area contributed by atoms with Crippen LogP contribution in [0.3, 0.4) is 0 Å². The van der Waals surface area contributed by atoms with Crippen molar-refractivity contribution in [2.75, 3.05) is 13.1 Å². The first-order valence-electron chi connectivity index (χ1n) is 9.82. The number of allylic oxidation sites excluding steroid dienone is 3. The maximum Gasteiger partial charge on any atom is 0.252 e. The lowest BCUT2D eigenvalue weighted by Crippen LogP contribution is -2.45. The van der Waals surface area contributed by atoms with Crippen molar-refractivity contribution < 1.29 is 14.0 Å². The van der Waals surface area contributed by atoms with E-state index in [1.807, 2.05) is 17.9 Å². The van der Waals surface area contributed by atoms with Crippen molar-refractivity contribution in [1.29, 1.82) is 0 Å². The van der Waals surface area contributed by atoms with Crippen LogP contribution < -0.4 is 5.32 Å². The average molecular weight is 368 g/mol. The van der Waals surface area contributed by atoms with Gasteiger partial charge in [-0.1, -0.05) is 24.3 Å². The highest BCUT2D eigenvalue weighted by Gasteiger charge is 2.44. The number of rotatable bonds is 2. The van der Waals surface area contributed by atoms with Crippen molar-refractivity contribution in [3.8, 4) is 0 Å². The molecular formula is C22H25FN2O2. The molecule has 4 nitrogen and oxygen atoms in total. The number of likely N-dealkylation sites (tertiary alicyclic amines) is 1. The topological polar surface area (TPSA) is 49.4 Å². The number of carbonyl (C=O) groups is 2. The van der Waals surface area contributed by atoms with Crippen LogP contribution >= 0.6 is 0 Å². The number of nitrogens with one attached hydrogen (secondary N) is 1. The fourth-order valence-corrected chi connectivity index (χ4v) is 4.63. The number of Topliss-reactive ketones (excluding diaryl/α,β-unsaturated/α-hetero) is 1. The van der Waals surface area contributed by atoms with Crippen LogP contribution in [0.5, 0.6) is 0 Å². The first-order valence-corrected chi connectivity index (χ1v) is 9.82. The fraction of sp³-hybridized carbons (Fsp3) is 0.455. The number of benzene rings is 1. The van der Waals surface area contributed by atoms with Crippen LogP contribution in [0.25, 0.3) is 0 Å². The van der Waals surface area contributed by atoms with Crippen molar-refractivity contribution in [3.05, 3.63) is 58.7 Å². The first-order chi connectivity index (χ1) is 13.1. The van der Waals surface area contributed by atoms with Crippen LogP contribution in [0.15, 0.2) is 47.3 Å². The van der Waals surface area contributed by atoms with Gasteiger partial charge >= 0.3 is 0 Å². The number of piperidine rings is 1. The lowest BCUT2D eigenvalue weighted by atomic mass is 9.70. The van der Waals surface area contributed by atoms with Crippen molar-refractivity contribution in [2.45, 2.75) is 44.9 Å². The van der Waals surface area contributed by atoms with Crippen LogP contribution in [0.2, 0.25) is 0 Å². The molecule has 2 unspecified atom stereocenters. The zero-order valence-corrected chi connectivity index (χ0v) is 15.6. The predicted octanol–water partition coefficient (Wildman–Crippen LogP) is 3.66. The molecule has 5 heteroatoms. The van der Waals surface area contributed by atoms with Crippen molar-refractivity contribution in [1.82, 2.24) is 10.2 Å². The zero-order chi connectivity index (χ0) is 19.0. The molecule has 1 amide bonds. The third-order valence-corrected chi connectivity index (χ3v) is 5.93. The zero-order valence-electron chi connectivity index (χ0n) is 15.6. The number of hydrogen-bond donors (Lipinski definition) is 1. The molecule has 3 aliphatic rings. The number of amides is 1. The van der Waals surface area contributed by atoms with Gasteiger partial charge in [0.15, 0.2) is 0 Å². The van der Waals surface area contributed by atoms with E-state index in [1.54, 1.807) is 18.2 Å². The Hall–Kier alpha value is -2.43. The van der Waals surface area contributed by atoms with E-state index in [0.29, 0.717) is 24.0 Å². The molecule has 0 spiro atoms. The summed E-state index contributed by atoms with van der Waals surface area (Å²) in [6.45, 7) is 3.31. The second-order valence-corrected chi connectivity index (χ2v) is 7.66. The minimum absolute atomic E-state index is 0.0645. The third-order valence-electron chi connectivity index (χ3n) is 5.93. The van der Waals surface area contributed by atoms with Gasteiger partial charge in [0.1, 0.15) is 11.6 Å². The molecule has 2 heterocycles. The van der Waals surface area contributed by atoms with E-state index in [0.717, 1.165) is 43.7 Å². The second kappa shape index (κ2) is 7.29. The van der Waals surface area contributed by atoms with Gasteiger partial charge in [0, 0.05) is 42.4 Å². The minimum atomic E-state index is -0.569. The monoisotopic (exact) mass is 368 g/mol. The number of ketones is 1. The second-order valence-electron chi connectivity index (χ2n) is 7.66. The summed E-state index contributed by atoms with van der Waals surface area (Å²) in [6.07, 6.45) is 6.25. The largest absolute Gasteiger partial charge is 0.362 e. The molecule has 1 N–H and O–H groups in total. The van der Waals surface area contributed by atoms with E-state index in [-0.39, 0.29) is 17.5 Å². The summed E-state index contributed by atoms with van der Waals surface area (Å²) in [5, 5.41) is 3.29. The smallest absolute Gasteiger partial charge is 0.252 e. The number of fused-ring (bicyclic) bond motifs is 1. The highest BCUT2D eigenvalue weighted by atomic mass is 19.1. The molecule has 0 aromatic heterocycles. The Morgan fingerprint density at radius 1 is 1.15 bits per heavy atom. The van der Waals surface area contributed by atoms with E-state index in [4.69, 9.17) is 0 Å². The van der Waals surface area contributed by atoms with E-state index in [1.165, 1.54) is 6.07 Å². The van der Waals surface area contributed by atoms with Gasteiger partial charge in [-0.05, 0) is 44.2 Å². The lowest BCUT2D eigenvalue weighted by molar-refractivity contribution is -0.129. The van der Waals surface area contributed by atoms with Crippen molar-refractivity contribution in [3.63, 3.8) is 0 Å². The Morgan fingerprint density at radius 3 is 2.63 bits per heavy atom. The Kier molecular flexibility index (Phi) is 4.85. The molecule has 1 fully saturated rings. The van der Waals surface area contributed by atoms with Crippen LogP contribution in [0.1, 0.15) is 50.5 Å². The minimum Gasteiger partial charge on any atom is -0.362 e. The van der Waals surface area contributed by atoms with Gasteiger partial charge < -0.3 is 10.2 Å². The Morgan fingerprint density at radius 2 is 1.89 bits per heavy atom. The Labute approximate surface area is 159 Å². The molecular weight excluding hydrogens is 343 g/mol. The summed E-state index contributed by atoms with van der Waals surface area (Å²) in [5.41, 5.74) is 2.52. The number of hydrogen-bond acceptors (Lipinski definition) is 3. The van der Waals surface area contributed by atoms with Gasteiger partial charge in [0.2, 0.25) is 0 Å². The molecule has 142 valence electrons. The SMILES string of the molecule is CC1=C(C(=O)N2CCCCC2)C(c2ccccc2F)C2C(=O)CCC=C2N1. The summed E-state index contributed by atoms with van der Waals surface area (Å²) in [5.74, 6) is -1.43. The molecule has 0 bridgehead atoms. The number of carbonyl (C=O) groups excluding carboxylic acids is 2. The van der Waals surface area contributed by atoms with Crippen LogP contribution in [0, 0.1) is 11.7 Å². The molecule has 0 radical (unpaired) electrons. The molecule has 1 aromatic carbocycles. The van der Waals surface area contributed by atoms with Gasteiger partial charge in [0.05, 0.1) is 5.92 Å². The van der Waals surface area contributed by atoms with Crippen LogP contribution in [-0.4, -0.2) is 29.7 Å². The van der Waals surface area contributed by atoms with Crippen molar-refractivity contribution >= 4 is 11.7 Å². The van der Waals surface area contributed by atoms with Crippen molar-refractivity contribution in [2.24, 2.45) is 5.92 Å². The molecule has 0 saturated carbocycles. The normalized spacial score (nSPS) is 25.6. The lowest BCUT2D eigenvalue weighted by Gasteiger charge is -2.40. The Bertz CT molecular complexity index is 836. The third kappa shape index (κ3) is 3.20. The fourth-order valence-electron chi connectivity index (χ4n) is 4.63. The number of nitrogens with zero attached hydrogens (tertiary/aromatic N) is 1. The van der Waals surface area contributed by atoms with Gasteiger partial charge in [-0.25, -0.2) is 4.39 Å². The summed E-state index contributed by atoms with van der Waals surface area (Å²) >= 11 is 0. The molecule has 2 atom stereocenters. The molecule has 2 aliphatic heterocycles. The maximum absolute atomic E-state index is 14.8. The van der Waals surface area contributed by atoms with E-state index in [2.05, 4.69) is 5.32 Å². The van der Waals surface area contributed by atoms with E-state index in [9.17, 15) is 14.0 Å².